The zero-order valence-electron chi connectivity index (χ0n) is 13.0. The predicted octanol–water partition coefficient (Wildman–Crippen LogP) is 1.29. The average Bonchev–Trinajstić information content (AvgIpc) is 2.73. The predicted molar refractivity (Wildman–Crippen MR) is 81.9 cm³/mol. The smallest absolute Gasteiger partial charge is 0.339 e. The Kier molecular flexibility index (Phi) is 4.77. The Balaban J connectivity index is 1.85. The molecular weight excluding hydrogens is 336 g/mol. The van der Waals surface area contributed by atoms with Crippen LogP contribution in [0.1, 0.15) is 13.8 Å². The summed E-state index contributed by atoms with van der Waals surface area (Å²) in [5.74, 6) is -1.72. The highest BCUT2D eigenvalue weighted by Gasteiger charge is 2.60. The van der Waals surface area contributed by atoms with Crippen molar-refractivity contribution in [1.82, 2.24) is 0 Å². The van der Waals surface area contributed by atoms with Crippen LogP contribution in [0.5, 0.6) is 0 Å². The molecule has 5 atom stereocenters. The maximum atomic E-state index is 12.0. The maximum Gasteiger partial charge on any atom is 0.339 e. The lowest BCUT2D eigenvalue weighted by Gasteiger charge is -2.36. The van der Waals surface area contributed by atoms with Gasteiger partial charge in [0.05, 0.1) is 0 Å². The Bertz CT molecular complexity index is 647. The van der Waals surface area contributed by atoms with Gasteiger partial charge in [-0.1, -0.05) is 30.0 Å². The lowest BCUT2D eigenvalue weighted by Crippen LogP contribution is -2.55. The molecule has 3 rings (SSSR count). The molecule has 2 bridgehead atoms. The van der Waals surface area contributed by atoms with Gasteiger partial charge >= 0.3 is 17.9 Å². The normalized spacial score (nSPS) is 31.2. The van der Waals surface area contributed by atoms with Crippen molar-refractivity contribution in [2.24, 2.45) is 0 Å². The molecule has 2 aliphatic heterocycles. The first kappa shape index (κ1) is 16.8. The highest BCUT2D eigenvalue weighted by atomic mass is 32.2. The van der Waals surface area contributed by atoms with Crippen molar-refractivity contribution in [2.75, 3.05) is 0 Å². The molecule has 0 unspecified atom stereocenters. The van der Waals surface area contributed by atoms with Gasteiger partial charge in [0.2, 0.25) is 0 Å². The molecule has 0 saturated carbocycles. The van der Waals surface area contributed by atoms with Crippen molar-refractivity contribution in [1.29, 1.82) is 0 Å². The van der Waals surface area contributed by atoms with Gasteiger partial charge in [-0.05, 0) is 12.1 Å². The van der Waals surface area contributed by atoms with Crippen LogP contribution in [0, 0.1) is 0 Å². The summed E-state index contributed by atoms with van der Waals surface area (Å²) in [7, 11) is 0. The van der Waals surface area contributed by atoms with Crippen LogP contribution in [0.3, 0.4) is 0 Å². The highest BCUT2D eigenvalue weighted by molar-refractivity contribution is 7.99. The molecule has 0 radical (unpaired) electrons. The summed E-state index contributed by atoms with van der Waals surface area (Å²) < 4.78 is 21.5. The molecule has 1 aromatic carbocycles. The SMILES string of the molecule is CC(=O)O[C@@H]1[C@H]2OC(=O)[C@@H](O[C@H]1Sc1ccccc1)[C@H]2OC(C)=O. The molecule has 2 heterocycles. The minimum atomic E-state index is -1.02. The second kappa shape index (κ2) is 6.82. The largest absolute Gasteiger partial charge is 0.455 e. The average molecular weight is 352 g/mol. The Hall–Kier alpha value is -2.06. The number of benzene rings is 1. The van der Waals surface area contributed by atoms with E-state index in [2.05, 4.69) is 0 Å². The van der Waals surface area contributed by atoms with Crippen molar-refractivity contribution >= 4 is 29.7 Å². The van der Waals surface area contributed by atoms with E-state index < -0.39 is 47.8 Å². The summed E-state index contributed by atoms with van der Waals surface area (Å²) in [6, 6.07) is 9.36. The third-order valence-corrected chi connectivity index (χ3v) is 4.74. The van der Waals surface area contributed by atoms with E-state index in [1.54, 1.807) is 0 Å². The monoisotopic (exact) mass is 352 g/mol. The first-order chi connectivity index (χ1) is 11.5. The molecular formula is C16H16O7S. The molecule has 2 saturated heterocycles. The summed E-state index contributed by atoms with van der Waals surface area (Å²) in [4.78, 5) is 35.6. The number of hydrogen-bond acceptors (Lipinski definition) is 8. The van der Waals surface area contributed by atoms with Gasteiger partial charge in [0.15, 0.2) is 24.4 Å². The number of carbonyl (C=O) groups excluding carboxylic acids is 3. The Morgan fingerprint density at radius 3 is 2.29 bits per heavy atom. The van der Waals surface area contributed by atoms with Gasteiger partial charge in [-0.15, -0.1) is 0 Å². The van der Waals surface area contributed by atoms with E-state index >= 15 is 0 Å². The second-order valence-corrected chi connectivity index (χ2v) is 6.58. The Labute approximate surface area is 142 Å². The Morgan fingerprint density at radius 2 is 1.67 bits per heavy atom. The van der Waals surface area contributed by atoms with Gasteiger partial charge in [-0.3, -0.25) is 9.59 Å². The van der Waals surface area contributed by atoms with Crippen LogP contribution in [0.2, 0.25) is 0 Å². The molecule has 0 amide bonds. The number of ether oxygens (including phenoxy) is 4. The zero-order chi connectivity index (χ0) is 17.3. The molecule has 2 fully saturated rings. The minimum absolute atomic E-state index is 0.537. The fourth-order valence-corrected chi connectivity index (χ4v) is 3.80. The van der Waals surface area contributed by atoms with Gasteiger partial charge in [0.1, 0.15) is 5.44 Å². The molecule has 0 aromatic heterocycles. The van der Waals surface area contributed by atoms with Crippen LogP contribution in [-0.4, -0.2) is 47.8 Å². The lowest BCUT2D eigenvalue weighted by atomic mass is 10.0. The molecule has 1 aromatic rings. The van der Waals surface area contributed by atoms with E-state index in [0.717, 1.165) is 4.90 Å². The van der Waals surface area contributed by atoms with E-state index in [1.807, 2.05) is 30.3 Å². The lowest BCUT2D eigenvalue weighted by molar-refractivity contribution is -0.190. The third kappa shape index (κ3) is 3.39. The second-order valence-electron chi connectivity index (χ2n) is 5.41. The first-order valence-corrected chi connectivity index (χ1v) is 8.26. The topological polar surface area (TPSA) is 88.1 Å². The number of rotatable bonds is 4. The molecule has 2 aliphatic rings. The quantitative estimate of drug-likeness (QED) is 0.592. The van der Waals surface area contributed by atoms with Crippen molar-refractivity contribution in [3.05, 3.63) is 30.3 Å². The van der Waals surface area contributed by atoms with Gasteiger partial charge in [-0.25, -0.2) is 4.79 Å². The van der Waals surface area contributed by atoms with Crippen molar-refractivity contribution in [3.8, 4) is 0 Å². The van der Waals surface area contributed by atoms with Crippen molar-refractivity contribution < 1.29 is 33.3 Å². The summed E-state index contributed by atoms with van der Waals surface area (Å²) in [6.45, 7) is 2.49. The molecule has 128 valence electrons. The van der Waals surface area contributed by atoms with E-state index in [4.69, 9.17) is 18.9 Å². The summed E-state index contributed by atoms with van der Waals surface area (Å²) in [5.41, 5.74) is -0.649. The summed E-state index contributed by atoms with van der Waals surface area (Å²) in [6.07, 6.45) is -3.70. The zero-order valence-corrected chi connectivity index (χ0v) is 13.9. The van der Waals surface area contributed by atoms with Crippen molar-refractivity contribution in [3.63, 3.8) is 0 Å². The van der Waals surface area contributed by atoms with Crippen LogP contribution in [0.15, 0.2) is 35.2 Å². The molecule has 8 heteroatoms. The number of esters is 3. The van der Waals surface area contributed by atoms with Crippen LogP contribution in [-0.2, 0) is 33.3 Å². The minimum Gasteiger partial charge on any atom is -0.455 e. The number of fused-ring (bicyclic) bond motifs is 2. The van der Waals surface area contributed by atoms with Crippen LogP contribution in [0.25, 0.3) is 0 Å². The molecule has 0 spiro atoms. The number of hydrogen-bond donors (Lipinski definition) is 0. The number of carbonyl (C=O) groups is 3. The Morgan fingerprint density at radius 1 is 1.04 bits per heavy atom. The summed E-state index contributed by atoms with van der Waals surface area (Å²) >= 11 is 1.31. The third-order valence-electron chi connectivity index (χ3n) is 3.58. The van der Waals surface area contributed by atoms with Gasteiger partial charge in [0, 0.05) is 18.7 Å². The van der Waals surface area contributed by atoms with Gasteiger partial charge in [-0.2, -0.15) is 0 Å². The van der Waals surface area contributed by atoms with E-state index in [-0.39, 0.29) is 0 Å². The van der Waals surface area contributed by atoms with Crippen LogP contribution >= 0.6 is 11.8 Å². The number of thioether (sulfide) groups is 1. The fraction of sp³-hybridized carbons (Fsp3) is 0.438. The van der Waals surface area contributed by atoms with Crippen LogP contribution in [0.4, 0.5) is 0 Å². The van der Waals surface area contributed by atoms with Crippen molar-refractivity contribution in [2.45, 2.75) is 48.6 Å². The molecule has 0 N–H and O–H groups in total. The molecule has 0 aliphatic carbocycles. The first-order valence-electron chi connectivity index (χ1n) is 7.38. The van der Waals surface area contributed by atoms with Gasteiger partial charge in [0.25, 0.3) is 0 Å². The van der Waals surface area contributed by atoms with Crippen LogP contribution < -0.4 is 0 Å². The summed E-state index contributed by atoms with van der Waals surface area (Å²) in [5, 5.41) is 0. The van der Waals surface area contributed by atoms with E-state index in [1.165, 1.54) is 25.6 Å². The molecule has 24 heavy (non-hydrogen) atoms. The van der Waals surface area contributed by atoms with Gasteiger partial charge < -0.3 is 18.9 Å². The maximum absolute atomic E-state index is 12.0. The standard InChI is InChI=1S/C16H16O7S/c1-8(17)20-11-12-14(21-9(2)18)16(23-13(11)15(19)22-12)24-10-6-4-3-5-7-10/h3-7,11-14,16H,1-2H3/t11-,12-,13-,14+,16-/m0/s1. The molecule has 7 nitrogen and oxygen atoms in total. The van der Waals surface area contributed by atoms with E-state index in [9.17, 15) is 14.4 Å². The fourth-order valence-electron chi connectivity index (χ4n) is 2.70. The highest BCUT2D eigenvalue weighted by Crippen LogP contribution is 2.40. The van der Waals surface area contributed by atoms with E-state index in [0.29, 0.717) is 0 Å².